The summed E-state index contributed by atoms with van der Waals surface area (Å²) in [7, 11) is 0. The van der Waals surface area contributed by atoms with Gasteiger partial charge < -0.3 is 10.2 Å². The molecule has 0 aliphatic carbocycles. The van der Waals surface area contributed by atoms with Crippen molar-refractivity contribution in [1.29, 1.82) is 0 Å². The quantitative estimate of drug-likeness (QED) is 0.903. The summed E-state index contributed by atoms with van der Waals surface area (Å²) in [4.78, 5) is 26.6. The third-order valence-electron chi connectivity index (χ3n) is 4.68. The Morgan fingerprint density at radius 3 is 2.50 bits per heavy atom. The van der Waals surface area contributed by atoms with E-state index in [1.807, 2.05) is 32.0 Å². The van der Waals surface area contributed by atoms with Crippen molar-refractivity contribution in [3.05, 3.63) is 59.2 Å². The van der Waals surface area contributed by atoms with Crippen molar-refractivity contribution in [2.75, 3.05) is 16.8 Å². The molecule has 4 nitrogen and oxygen atoms in total. The molecule has 0 bridgehead atoms. The number of nitrogens with one attached hydrogen (secondary N) is 1. The first kappa shape index (κ1) is 18.0. The van der Waals surface area contributed by atoms with E-state index in [4.69, 9.17) is 0 Å². The lowest BCUT2D eigenvalue weighted by Gasteiger charge is -2.22. The van der Waals surface area contributed by atoms with Crippen LogP contribution in [0.3, 0.4) is 0 Å². The molecule has 6 heteroatoms. The highest BCUT2D eigenvalue weighted by atomic mass is 19.1. The van der Waals surface area contributed by atoms with E-state index in [1.54, 1.807) is 4.90 Å². The summed E-state index contributed by atoms with van der Waals surface area (Å²) in [5.74, 6) is -3.07. The van der Waals surface area contributed by atoms with Crippen LogP contribution in [0.1, 0.15) is 24.5 Å². The SMILES string of the molecule is CCc1cccc(C)c1N1CC(C(=O)Nc2c(F)cccc2F)CC1=O. The first-order valence-electron chi connectivity index (χ1n) is 8.56. The zero-order valence-electron chi connectivity index (χ0n) is 14.7. The summed E-state index contributed by atoms with van der Waals surface area (Å²) >= 11 is 0. The Morgan fingerprint density at radius 1 is 1.19 bits per heavy atom. The molecule has 136 valence electrons. The maximum absolute atomic E-state index is 13.7. The van der Waals surface area contributed by atoms with Gasteiger partial charge in [-0.05, 0) is 36.6 Å². The van der Waals surface area contributed by atoms with Gasteiger partial charge in [-0.3, -0.25) is 9.59 Å². The van der Waals surface area contributed by atoms with E-state index >= 15 is 0 Å². The number of para-hydroxylation sites is 2. The van der Waals surface area contributed by atoms with Crippen LogP contribution in [0.5, 0.6) is 0 Å². The number of hydrogen-bond acceptors (Lipinski definition) is 2. The molecule has 2 aromatic rings. The molecule has 0 aromatic heterocycles. The number of aryl methyl sites for hydroxylation is 2. The van der Waals surface area contributed by atoms with Gasteiger partial charge in [0.25, 0.3) is 0 Å². The van der Waals surface area contributed by atoms with E-state index < -0.39 is 29.1 Å². The molecule has 26 heavy (non-hydrogen) atoms. The summed E-state index contributed by atoms with van der Waals surface area (Å²) in [6.45, 7) is 4.12. The molecule has 1 N–H and O–H groups in total. The topological polar surface area (TPSA) is 49.4 Å². The smallest absolute Gasteiger partial charge is 0.229 e. The van der Waals surface area contributed by atoms with E-state index in [0.717, 1.165) is 35.4 Å². The molecule has 2 aromatic carbocycles. The Labute approximate surface area is 150 Å². The molecule has 1 aliphatic heterocycles. The van der Waals surface area contributed by atoms with Gasteiger partial charge in [-0.15, -0.1) is 0 Å². The van der Waals surface area contributed by atoms with Gasteiger partial charge in [-0.2, -0.15) is 0 Å². The fraction of sp³-hybridized carbons (Fsp3) is 0.300. The summed E-state index contributed by atoms with van der Waals surface area (Å²) in [5, 5.41) is 2.29. The third-order valence-corrected chi connectivity index (χ3v) is 4.68. The molecule has 0 saturated carbocycles. The highest BCUT2D eigenvalue weighted by molar-refractivity contribution is 6.04. The Morgan fingerprint density at radius 2 is 1.85 bits per heavy atom. The Kier molecular flexibility index (Phi) is 5.02. The van der Waals surface area contributed by atoms with Crippen molar-refractivity contribution >= 4 is 23.2 Å². The van der Waals surface area contributed by atoms with Crippen molar-refractivity contribution in [3.8, 4) is 0 Å². The molecule has 2 amide bonds. The van der Waals surface area contributed by atoms with Crippen molar-refractivity contribution in [3.63, 3.8) is 0 Å². The van der Waals surface area contributed by atoms with Crippen LogP contribution < -0.4 is 10.2 Å². The largest absolute Gasteiger partial charge is 0.321 e. The highest BCUT2D eigenvalue weighted by Gasteiger charge is 2.36. The van der Waals surface area contributed by atoms with Crippen LogP contribution in [0.2, 0.25) is 0 Å². The van der Waals surface area contributed by atoms with E-state index in [-0.39, 0.29) is 18.9 Å². The van der Waals surface area contributed by atoms with Gasteiger partial charge in [0.1, 0.15) is 17.3 Å². The minimum absolute atomic E-state index is 0.0133. The minimum Gasteiger partial charge on any atom is -0.321 e. The third kappa shape index (κ3) is 3.31. The Hall–Kier alpha value is -2.76. The second kappa shape index (κ2) is 7.23. The zero-order chi connectivity index (χ0) is 18.8. The van der Waals surface area contributed by atoms with E-state index in [1.165, 1.54) is 6.07 Å². The number of carbonyl (C=O) groups excluding carboxylic acids is 2. The van der Waals surface area contributed by atoms with Gasteiger partial charge in [0, 0.05) is 18.7 Å². The fourth-order valence-electron chi connectivity index (χ4n) is 3.33. The second-order valence-corrected chi connectivity index (χ2v) is 6.43. The molecule has 0 radical (unpaired) electrons. The van der Waals surface area contributed by atoms with Crippen LogP contribution in [0.25, 0.3) is 0 Å². The number of rotatable bonds is 4. The molecule has 1 atom stereocenters. The van der Waals surface area contributed by atoms with Gasteiger partial charge in [0.15, 0.2) is 0 Å². The summed E-state index contributed by atoms with van der Waals surface area (Å²) in [6, 6.07) is 9.19. The van der Waals surface area contributed by atoms with E-state index in [9.17, 15) is 18.4 Å². The number of hydrogen-bond donors (Lipinski definition) is 1. The number of anilines is 2. The number of amides is 2. The lowest BCUT2D eigenvalue weighted by atomic mass is 10.0. The normalized spacial score (nSPS) is 16.8. The first-order chi connectivity index (χ1) is 12.4. The average molecular weight is 358 g/mol. The van der Waals surface area contributed by atoms with Gasteiger partial charge in [0.2, 0.25) is 11.8 Å². The summed E-state index contributed by atoms with van der Waals surface area (Å²) < 4.78 is 27.5. The first-order valence-corrected chi connectivity index (χ1v) is 8.56. The van der Waals surface area contributed by atoms with Gasteiger partial charge in [0.05, 0.1) is 5.92 Å². The lowest BCUT2D eigenvalue weighted by molar-refractivity contribution is -0.122. The van der Waals surface area contributed by atoms with Crippen molar-refractivity contribution in [2.24, 2.45) is 5.92 Å². The van der Waals surface area contributed by atoms with Crippen LogP contribution in [0.15, 0.2) is 36.4 Å². The highest BCUT2D eigenvalue weighted by Crippen LogP contribution is 2.32. The second-order valence-electron chi connectivity index (χ2n) is 6.43. The molecule has 1 heterocycles. The standard InChI is InChI=1S/C20H20F2N2O2/c1-3-13-7-4-6-12(2)19(13)24-11-14(10-17(24)25)20(26)23-18-15(21)8-5-9-16(18)22/h4-9,14H,3,10-11H2,1-2H3,(H,23,26). The van der Waals surface area contributed by atoms with Crippen molar-refractivity contribution in [2.45, 2.75) is 26.7 Å². The van der Waals surface area contributed by atoms with Crippen LogP contribution in [0.4, 0.5) is 20.2 Å². The van der Waals surface area contributed by atoms with E-state index in [0.29, 0.717) is 0 Å². The number of carbonyl (C=O) groups is 2. The molecule has 0 spiro atoms. The predicted octanol–water partition coefficient (Wildman–Crippen LogP) is 3.83. The number of benzene rings is 2. The fourth-order valence-corrected chi connectivity index (χ4v) is 3.33. The monoisotopic (exact) mass is 358 g/mol. The predicted molar refractivity (Wildman–Crippen MR) is 96.0 cm³/mol. The van der Waals surface area contributed by atoms with E-state index in [2.05, 4.69) is 5.32 Å². The number of nitrogens with zero attached hydrogens (tertiary/aromatic N) is 1. The van der Waals surface area contributed by atoms with Crippen LogP contribution >= 0.6 is 0 Å². The molecule has 1 fully saturated rings. The Balaban J connectivity index is 1.81. The minimum atomic E-state index is -0.841. The summed E-state index contributed by atoms with van der Waals surface area (Å²) in [5.41, 5.74) is 2.33. The molecule has 1 unspecified atom stereocenters. The zero-order valence-corrected chi connectivity index (χ0v) is 14.7. The van der Waals surface area contributed by atoms with Crippen LogP contribution in [0, 0.1) is 24.5 Å². The van der Waals surface area contributed by atoms with Crippen LogP contribution in [-0.2, 0) is 16.0 Å². The van der Waals surface area contributed by atoms with Crippen molar-refractivity contribution < 1.29 is 18.4 Å². The Bertz CT molecular complexity index is 847. The molecular formula is C20H20F2N2O2. The molecule has 1 saturated heterocycles. The molecule has 1 aliphatic rings. The molecule has 3 rings (SSSR count). The summed E-state index contributed by atoms with van der Waals surface area (Å²) in [6.07, 6.45) is 0.775. The average Bonchev–Trinajstić information content (AvgIpc) is 2.99. The maximum Gasteiger partial charge on any atom is 0.229 e. The maximum atomic E-state index is 13.7. The molecular weight excluding hydrogens is 338 g/mol. The van der Waals surface area contributed by atoms with Crippen LogP contribution in [-0.4, -0.2) is 18.4 Å². The van der Waals surface area contributed by atoms with Gasteiger partial charge in [-0.1, -0.05) is 31.2 Å². The van der Waals surface area contributed by atoms with Gasteiger partial charge >= 0.3 is 0 Å². The number of halogens is 2. The van der Waals surface area contributed by atoms with Gasteiger partial charge in [-0.25, -0.2) is 8.78 Å². The van der Waals surface area contributed by atoms with Crippen molar-refractivity contribution in [1.82, 2.24) is 0 Å². The lowest BCUT2D eigenvalue weighted by Crippen LogP contribution is -2.29.